The van der Waals surface area contributed by atoms with E-state index in [4.69, 9.17) is 0 Å². The Kier molecular flexibility index (Phi) is 4.38. The van der Waals surface area contributed by atoms with Gasteiger partial charge in [-0.25, -0.2) is 8.78 Å². The zero-order valence-corrected chi connectivity index (χ0v) is 12.1. The van der Waals surface area contributed by atoms with Gasteiger partial charge >= 0.3 is 0 Å². The van der Waals surface area contributed by atoms with Gasteiger partial charge in [0.15, 0.2) is 0 Å². The van der Waals surface area contributed by atoms with Crippen LogP contribution in [0.4, 0.5) is 14.5 Å². The van der Waals surface area contributed by atoms with Crippen molar-refractivity contribution in [2.45, 2.75) is 33.6 Å². The van der Waals surface area contributed by atoms with Crippen molar-refractivity contribution in [2.75, 3.05) is 4.90 Å². The van der Waals surface area contributed by atoms with Gasteiger partial charge < -0.3 is 4.90 Å². The van der Waals surface area contributed by atoms with Crippen molar-refractivity contribution < 1.29 is 8.78 Å². The predicted molar refractivity (Wildman–Crippen MR) is 79.6 cm³/mol. The van der Waals surface area contributed by atoms with Crippen LogP contribution in [-0.2, 0) is 0 Å². The molecule has 0 atom stereocenters. The molecule has 3 heteroatoms. The first-order chi connectivity index (χ1) is 9.49. The van der Waals surface area contributed by atoms with Gasteiger partial charge in [-0.3, -0.25) is 0 Å². The molecular weight excluding hydrogens is 256 g/mol. The van der Waals surface area contributed by atoms with Crippen LogP contribution in [0, 0.1) is 6.92 Å². The number of benzene rings is 1. The van der Waals surface area contributed by atoms with E-state index in [1.165, 1.54) is 0 Å². The molecule has 0 saturated heterocycles. The molecule has 20 heavy (non-hydrogen) atoms. The molecule has 2 rings (SSSR count). The van der Waals surface area contributed by atoms with Gasteiger partial charge in [0.05, 0.1) is 5.70 Å². The van der Waals surface area contributed by atoms with E-state index in [1.54, 1.807) is 0 Å². The maximum Gasteiger partial charge on any atom is 0.145 e. The monoisotopic (exact) mass is 275 g/mol. The second-order valence-corrected chi connectivity index (χ2v) is 5.25. The van der Waals surface area contributed by atoms with E-state index in [9.17, 15) is 8.78 Å². The fraction of sp³-hybridized carbons (Fsp3) is 0.294. The lowest BCUT2D eigenvalue weighted by atomic mass is 10.1. The first-order valence-electron chi connectivity index (χ1n) is 6.73. The Labute approximate surface area is 118 Å². The average Bonchev–Trinajstić information content (AvgIpc) is 2.37. The molecule has 0 spiro atoms. The molecule has 1 aromatic carbocycles. The standard InChI is InChI=1S/C17H19F2N/c1-12(2)11-20(16-7-5-4-6-13(16)3)17-9-8-14(18)10-15(17)19/h4-7,10-11H,8-9H2,1-3H3. The summed E-state index contributed by atoms with van der Waals surface area (Å²) < 4.78 is 27.3. The van der Waals surface area contributed by atoms with Crippen LogP contribution >= 0.6 is 0 Å². The minimum atomic E-state index is -0.491. The van der Waals surface area contributed by atoms with Crippen molar-refractivity contribution in [1.82, 2.24) is 0 Å². The van der Waals surface area contributed by atoms with Crippen LogP contribution in [0.25, 0.3) is 0 Å². The highest BCUT2D eigenvalue weighted by Gasteiger charge is 2.20. The molecular formula is C17H19F2N. The van der Waals surface area contributed by atoms with E-state index in [0.29, 0.717) is 12.1 Å². The van der Waals surface area contributed by atoms with E-state index in [0.717, 1.165) is 22.9 Å². The van der Waals surface area contributed by atoms with Gasteiger partial charge in [-0.05, 0) is 38.8 Å². The Morgan fingerprint density at radius 1 is 1.15 bits per heavy atom. The maximum atomic E-state index is 14.1. The van der Waals surface area contributed by atoms with E-state index in [-0.39, 0.29) is 6.42 Å². The Morgan fingerprint density at radius 3 is 2.45 bits per heavy atom. The smallest absolute Gasteiger partial charge is 0.145 e. The summed E-state index contributed by atoms with van der Waals surface area (Å²) in [5, 5.41) is 0. The molecule has 0 aromatic heterocycles. The molecule has 1 aliphatic rings. The Hall–Kier alpha value is -1.90. The lowest BCUT2D eigenvalue weighted by Crippen LogP contribution is -2.19. The van der Waals surface area contributed by atoms with Crippen molar-refractivity contribution >= 4 is 5.69 Å². The summed E-state index contributed by atoms with van der Waals surface area (Å²) in [7, 11) is 0. The summed E-state index contributed by atoms with van der Waals surface area (Å²) in [6.07, 6.45) is 3.51. The van der Waals surface area contributed by atoms with Gasteiger partial charge in [-0.1, -0.05) is 23.8 Å². The summed E-state index contributed by atoms with van der Waals surface area (Å²) in [4.78, 5) is 1.84. The quantitative estimate of drug-likeness (QED) is 0.698. The minimum Gasteiger partial charge on any atom is -0.318 e. The number of para-hydroxylation sites is 1. The van der Waals surface area contributed by atoms with E-state index in [2.05, 4.69) is 0 Å². The summed E-state index contributed by atoms with van der Waals surface area (Å²) in [5.41, 5.74) is 3.56. The van der Waals surface area contributed by atoms with Crippen LogP contribution in [0.3, 0.4) is 0 Å². The van der Waals surface area contributed by atoms with Crippen LogP contribution in [0.15, 0.2) is 59.5 Å². The van der Waals surface area contributed by atoms with Gasteiger partial charge in [0.25, 0.3) is 0 Å². The molecule has 1 nitrogen and oxygen atoms in total. The number of hydrogen-bond acceptors (Lipinski definition) is 1. The third-order valence-corrected chi connectivity index (χ3v) is 3.21. The van der Waals surface area contributed by atoms with Gasteiger partial charge in [-0.15, -0.1) is 0 Å². The van der Waals surface area contributed by atoms with Crippen molar-refractivity contribution in [3.05, 3.63) is 65.0 Å². The summed E-state index contributed by atoms with van der Waals surface area (Å²) in [5.74, 6) is -0.886. The third-order valence-electron chi connectivity index (χ3n) is 3.21. The number of hydrogen-bond donors (Lipinski definition) is 0. The zero-order valence-electron chi connectivity index (χ0n) is 12.1. The molecule has 1 aliphatic carbocycles. The molecule has 0 N–H and O–H groups in total. The second-order valence-electron chi connectivity index (χ2n) is 5.25. The predicted octanol–water partition coefficient (Wildman–Crippen LogP) is 5.55. The second kappa shape index (κ2) is 6.04. The van der Waals surface area contributed by atoms with Crippen LogP contribution < -0.4 is 4.90 Å². The van der Waals surface area contributed by atoms with Crippen molar-refractivity contribution in [2.24, 2.45) is 0 Å². The molecule has 0 unspecified atom stereocenters. The largest absolute Gasteiger partial charge is 0.318 e. The van der Waals surface area contributed by atoms with Crippen LogP contribution in [0.1, 0.15) is 32.3 Å². The molecule has 0 amide bonds. The van der Waals surface area contributed by atoms with Crippen LogP contribution in [0.5, 0.6) is 0 Å². The van der Waals surface area contributed by atoms with Crippen LogP contribution in [-0.4, -0.2) is 0 Å². The molecule has 0 fully saturated rings. The summed E-state index contributed by atoms with van der Waals surface area (Å²) in [6, 6.07) is 7.80. The first kappa shape index (κ1) is 14.5. The highest BCUT2D eigenvalue weighted by molar-refractivity contribution is 5.61. The topological polar surface area (TPSA) is 3.24 Å². The maximum absolute atomic E-state index is 14.1. The zero-order chi connectivity index (χ0) is 14.7. The number of aryl methyl sites for hydroxylation is 1. The van der Waals surface area contributed by atoms with Crippen molar-refractivity contribution in [3.8, 4) is 0 Å². The molecule has 0 heterocycles. The van der Waals surface area contributed by atoms with Crippen LogP contribution in [0.2, 0.25) is 0 Å². The lowest BCUT2D eigenvalue weighted by molar-refractivity contribution is 0.544. The highest BCUT2D eigenvalue weighted by Crippen LogP contribution is 2.33. The van der Waals surface area contributed by atoms with E-state index < -0.39 is 11.7 Å². The molecule has 1 aromatic rings. The van der Waals surface area contributed by atoms with E-state index in [1.807, 2.05) is 56.1 Å². The fourth-order valence-corrected chi connectivity index (χ4v) is 2.27. The molecule has 0 aliphatic heterocycles. The normalized spacial score (nSPS) is 14.9. The number of rotatable bonds is 3. The fourth-order valence-electron chi connectivity index (χ4n) is 2.27. The SMILES string of the molecule is CC(C)=CN(C1=C(F)C=C(F)CC1)c1ccccc1C. The molecule has 0 bridgehead atoms. The first-order valence-corrected chi connectivity index (χ1v) is 6.73. The Morgan fingerprint density at radius 2 is 1.85 bits per heavy atom. The average molecular weight is 275 g/mol. The number of nitrogens with zero attached hydrogens (tertiary/aromatic N) is 1. The van der Waals surface area contributed by atoms with Gasteiger partial charge in [0.2, 0.25) is 0 Å². The van der Waals surface area contributed by atoms with Gasteiger partial charge in [-0.2, -0.15) is 0 Å². The van der Waals surface area contributed by atoms with Crippen molar-refractivity contribution in [1.29, 1.82) is 0 Å². The number of halogens is 2. The lowest BCUT2D eigenvalue weighted by Gasteiger charge is -2.27. The molecule has 0 radical (unpaired) electrons. The Balaban J connectivity index is 2.53. The van der Waals surface area contributed by atoms with Gasteiger partial charge in [0.1, 0.15) is 11.7 Å². The number of anilines is 1. The summed E-state index contributed by atoms with van der Waals surface area (Å²) >= 11 is 0. The number of allylic oxidation sites excluding steroid dienone is 5. The summed E-state index contributed by atoms with van der Waals surface area (Å²) in [6.45, 7) is 5.91. The highest BCUT2D eigenvalue weighted by atomic mass is 19.1. The Bertz CT molecular complexity index is 593. The third kappa shape index (κ3) is 3.16. The molecule has 106 valence electrons. The molecule has 0 saturated carbocycles. The van der Waals surface area contributed by atoms with Gasteiger partial charge in [0, 0.05) is 24.4 Å². The minimum absolute atomic E-state index is 0.252. The van der Waals surface area contributed by atoms with Crippen molar-refractivity contribution in [3.63, 3.8) is 0 Å². The van der Waals surface area contributed by atoms with E-state index >= 15 is 0 Å².